The molecule has 2 aromatic heterocycles. The van der Waals surface area contributed by atoms with Gasteiger partial charge in [0.05, 0.1) is 10.9 Å². The zero-order chi connectivity index (χ0) is 27.6. The summed E-state index contributed by atoms with van der Waals surface area (Å²) in [5, 5.41) is 2.41. The van der Waals surface area contributed by atoms with Crippen molar-refractivity contribution >= 4 is 27.5 Å². The van der Waals surface area contributed by atoms with Crippen molar-refractivity contribution in [1.29, 1.82) is 0 Å². The molecule has 0 N–H and O–H groups in total. The number of terminal acetylenes is 1. The van der Waals surface area contributed by atoms with Gasteiger partial charge >= 0.3 is 6.01 Å². The Bertz CT molecular complexity index is 1690. The number of fused-ring (bicyclic) bond motifs is 5. The maximum absolute atomic E-state index is 16.7. The van der Waals surface area contributed by atoms with Crippen LogP contribution in [0, 0.1) is 30.0 Å². The molecule has 3 aliphatic heterocycles. The Morgan fingerprint density at radius 1 is 1.02 bits per heavy atom. The van der Waals surface area contributed by atoms with Crippen molar-refractivity contribution in [3.8, 4) is 29.6 Å². The van der Waals surface area contributed by atoms with Crippen molar-refractivity contribution in [1.82, 2.24) is 19.9 Å². The average molecular weight is 548 g/mol. The molecule has 2 bridgehead atoms. The maximum Gasteiger partial charge on any atom is 0.319 e. The Balaban J connectivity index is 1.26. The summed E-state index contributed by atoms with van der Waals surface area (Å²) in [6, 6.07) is 11.9. The van der Waals surface area contributed by atoms with Gasteiger partial charge < -0.3 is 9.64 Å². The minimum atomic E-state index is -0.461. The zero-order valence-corrected chi connectivity index (χ0v) is 23.3. The molecular formula is C34H34FN5O. The van der Waals surface area contributed by atoms with Crippen molar-refractivity contribution in [2.75, 3.05) is 37.7 Å². The molecule has 1 aliphatic carbocycles. The van der Waals surface area contributed by atoms with Crippen LogP contribution in [-0.4, -0.2) is 58.2 Å². The van der Waals surface area contributed by atoms with Crippen LogP contribution in [0.4, 0.5) is 10.2 Å². The van der Waals surface area contributed by atoms with Crippen LogP contribution in [-0.2, 0) is 0 Å². The summed E-state index contributed by atoms with van der Waals surface area (Å²) in [7, 11) is 0. The third-order valence-electron chi connectivity index (χ3n) is 10.1. The number of benzene rings is 2. The predicted molar refractivity (Wildman–Crippen MR) is 159 cm³/mol. The number of aromatic nitrogens is 3. The second-order valence-electron chi connectivity index (χ2n) is 12.5. The molecule has 1 saturated carbocycles. The van der Waals surface area contributed by atoms with Crippen LogP contribution < -0.4 is 9.64 Å². The number of nitrogens with zero attached hydrogens (tertiary/aromatic N) is 5. The molecule has 2 atom stereocenters. The van der Waals surface area contributed by atoms with E-state index in [0.29, 0.717) is 35.0 Å². The standard InChI is InChI=1S/C34H34FN5O/c1-2-24-7-3-8-25-9-4-10-26(28(24)25)30-29(35)31-27(18-36-30)32(39-19-22-11-12-23(17-22)20-39)38-33(37-31)41-21-34-13-5-15-40(34)16-6-14-34/h1,3-4,7-10,18,22-23H,5-6,11-17,19-21H2. The fourth-order valence-corrected chi connectivity index (χ4v) is 8.21. The molecular weight excluding hydrogens is 513 g/mol. The van der Waals surface area contributed by atoms with E-state index in [1.54, 1.807) is 6.20 Å². The summed E-state index contributed by atoms with van der Waals surface area (Å²) in [6.07, 6.45) is 16.0. The van der Waals surface area contributed by atoms with Crippen LogP contribution in [0.25, 0.3) is 32.9 Å². The highest BCUT2D eigenvalue weighted by atomic mass is 19.1. The molecule has 3 saturated heterocycles. The van der Waals surface area contributed by atoms with Crippen LogP contribution in [0.2, 0.25) is 0 Å². The van der Waals surface area contributed by atoms with Gasteiger partial charge in [0.2, 0.25) is 0 Å². The molecule has 4 aromatic rings. The van der Waals surface area contributed by atoms with Gasteiger partial charge in [-0.25, -0.2) is 4.39 Å². The molecule has 4 fully saturated rings. The highest BCUT2D eigenvalue weighted by molar-refractivity contribution is 6.02. The van der Waals surface area contributed by atoms with E-state index in [9.17, 15) is 0 Å². The number of piperidine rings is 1. The lowest BCUT2D eigenvalue weighted by molar-refractivity contribution is 0.108. The van der Waals surface area contributed by atoms with Gasteiger partial charge in [0.25, 0.3) is 0 Å². The minimum Gasteiger partial charge on any atom is -0.461 e. The normalized spacial score (nSPS) is 23.3. The first-order valence-electron chi connectivity index (χ1n) is 15.1. The summed E-state index contributed by atoms with van der Waals surface area (Å²) < 4.78 is 23.1. The molecule has 6 nitrogen and oxygen atoms in total. The highest BCUT2D eigenvalue weighted by Gasteiger charge is 2.45. The summed E-state index contributed by atoms with van der Waals surface area (Å²) in [5.41, 5.74) is 1.94. The minimum absolute atomic E-state index is 0.0548. The van der Waals surface area contributed by atoms with E-state index >= 15 is 4.39 Å². The molecule has 0 amide bonds. The third kappa shape index (κ3) is 4.06. The van der Waals surface area contributed by atoms with Gasteiger partial charge in [-0.2, -0.15) is 9.97 Å². The average Bonchev–Trinajstić information content (AvgIpc) is 3.69. The summed E-state index contributed by atoms with van der Waals surface area (Å²) in [4.78, 5) is 19.3. The molecule has 0 spiro atoms. The van der Waals surface area contributed by atoms with Gasteiger partial charge in [-0.3, -0.25) is 9.88 Å². The molecule has 8 rings (SSSR count). The van der Waals surface area contributed by atoms with Crippen LogP contribution in [0.15, 0.2) is 42.6 Å². The fourth-order valence-electron chi connectivity index (χ4n) is 8.21. The Morgan fingerprint density at radius 2 is 1.78 bits per heavy atom. The Morgan fingerprint density at radius 3 is 2.54 bits per heavy atom. The Kier molecular flexibility index (Phi) is 5.89. The van der Waals surface area contributed by atoms with Gasteiger partial charge in [-0.15, -0.1) is 6.42 Å². The summed E-state index contributed by atoms with van der Waals surface area (Å²) in [6.45, 7) is 4.64. The molecule has 5 heterocycles. The van der Waals surface area contributed by atoms with Crippen LogP contribution in [0.1, 0.15) is 50.5 Å². The number of halogens is 1. The van der Waals surface area contributed by atoms with Gasteiger partial charge in [0.1, 0.15) is 23.6 Å². The summed E-state index contributed by atoms with van der Waals surface area (Å²) in [5.74, 6) is 4.36. The number of hydrogen-bond acceptors (Lipinski definition) is 6. The van der Waals surface area contributed by atoms with Crippen LogP contribution in [0.3, 0.4) is 0 Å². The smallest absolute Gasteiger partial charge is 0.319 e. The molecule has 7 heteroatoms. The van der Waals surface area contributed by atoms with E-state index in [1.165, 1.54) is 32.1 Å². The van der Waals surface area contributed by atoms with Crippen LogP contribution >= 0.6 is 0 Å². The topological polar surface area (TPSA) is 54.4 Å². The number of hydrogen-bond donors (Lipinski definition) is 0. The molecule has 41 heavy (non-hydrogen) atoms. The van der Waals surface area contributed by atoms with E-state index in [1.807, 2.05) is 36.4 Å². The predicted octanol–water partition coefficient (Wildman–Crippen LogP) is 6.21. The molecule has 0 radical (unpaired) electrons. The number of pyridine rings is 1. The molecule has 2 unspecified atom stereocenters. The highest BCUT2D eigenvalue weighted by Crippen LogP contribution is 2.42. The summed E-state index contributed by atoms with van der Waals surface area (Å²) >= 11 is 0. The maximum atomic E-state index is 16.7. The number of ether oxygens (including phenoxy) is 1. The van der Waals surface area contributed by atoms with Gasteiger partial charge in [-0.05, 0) is 81.3 Å². The first kappa shape index (κ1) is 25.0. The number of rotatable bonds is 5. The van der Waals surface area contributed by atoms with E-state index in [-0.39, 0.29) is 22.8 Å². The SMILES string of the molecule is C#Cc1cccc2cccc(-c3ncc4c(N5CC6CCC(C6)C5)nc(OCC56CCCN5CCC6)nc4c3F)c12. The first-order valence-corrected chi connectivity index (χ1v) is 15.1. The van der Waals surface area contributed by atoms with Crippen molar-refractivity contribution < 1.29 is 9.13 Å². The zero-order valence-electron chi connectivity index (χ0n) is 23.3. The molecule has 4 aliphatic rings. The fraction of sp³-hybridized carbons (Fsp3) is 0.441. The largest absolute Gasteiger partial charge is 0.461 e. The third-order valence-corrected chi connectivity index (χ3v) is 10.1. The monoisotopic (exact) mass is 547 g/mol. The molecule has 208 valence electrons. The van der Waals surface area contributed by atoms with Crippen molar-refractivity contribution in [3.63, 3.8) is 0 Å². The first-order chi connectivity index (χ1) is 20.1. The number of anilines is 1. The van der Waals surface area contributed by atoms with Crippen molar-refractivity contribution in [2.45, 2.75) is 50.5 Å². The lowest BCUT2D eigenvalue weighted by Gasteiger charge is -2.34. The Labute approximate surface area is 239 Å². The molecule has 2 aromatic carbocycles. The van der Waals surface area contributed by atoms with Crippen LogP contribution in [0.5, 0.6) is 6.01 Å². The van der Waals surface area contributed by atoms with Gasteiger partial charge in [-0.1, -0.05) is 36.3 Å². The van der Waals surface area contributed by atoms with E-state index in [0.717, 1.165) is 55.6 Å². The van der Waals surface area contributed by atoms with E-state index in [4.69, 9.17) is 26.1 Å². The van der Waals surface area contributed by atoms with E-state index in [2.05, 4.69) is 15.7 Å². The van der Waals surface area contributed by atoms with Gasteiger partial charge in [0, 0.05) is 35.8 Å². The quantitative estimate of drug-likeness (QED) is 0.277. The Hall–Kier alpha value is -3.76. The lowest BCUT2D eigenvalue weighted by Crippen LogP contribution is -2.43. The second kappa shape index (κ2) is 9.66. The van der Waals surface area contributed by atoms with Crippen molar-refractivity contribution in [2.24, 2.45) is 11.8 Å². The van der Waals surface area contributed by atoms with Gasteiger partial charge in [0.15, 0.2) is 5.82 Å². The van der Waals surface area contributed by atoms with Crippen molar-refractivity contribution in [3.05, 3.63) is 54.0 Å². The lowest BCUT2D eigenvalue weighted by atomic mass is 9.95. The van der Waals surface area contributed by atoms with E-state index < -0.39 is 5.82 Å². The second-order valence-corrected chi connectivity index (χ2v) is 12.5.